The molecular formula is C16H18Cl2N2. The van der Waals surface area contributed by atoms with Gasteiger partial charge in [0.15, 0.2) is 0 Å². The highest BCUT2D eigenvalue weighted by atomic mass is 35.5. The van der Waals surface area contributed by atoms with Crippen molar-refractivity contribution in [2.24, 2.45) is 5.73 Å². The minimum atomic E-state index is 0.0162. The number of anilines is 1. The Morgan fingerprint density at radius 3 is 2.30 bits per heavy atom. The fourth-order valence-electron chi connectivity index (χ4n) is 2.23. The van der Waals surface area contributed by atoms with E-state index in [2.05, 4.69) is 36.1 Å². The van der Waals surface area contributed by atoms with Crippen molar-refractivity contribution in [1.82, 2.24) is 0 Å². The Kier molecular flexibility index (Phi) is 4.92. The first-order valence-electron chi connectivity index (χ1n) is 6.47. The van der Waals surface area contributed by atoms with Crippen LogP contribution in [0.2, 0.25) is 10.0 Å². The van der Waals surface area contributed by atoms with E-state index in [0.717, 1.165) is 11.3 Å². The van der Waals surface area contributed by atoms with E-state index in [1.165, 1.54) is 5.56 Å². The van der Waals surface area contributed by atoms with Crippen molar-refractivity contribution in [3.63, 3.8) is 0 Å². The fourth-order valence-corrected chi connectivity index (χ4v) is 2.76. The molecule has 0 saturated carbocycles. The molecule has 1 atom stereocenters. The van der Waals surface area contributed by atoms with Gasteiger partial charge in [-0.3, -0.25) is 0 Å². The van der Waals surface area contributed by atoms with Crippen LogP contribution >= 0.6 is 23.2 Å². The van der Waals surface area contributed by atoms with Gasteiger partial charge in [0.25, 0.3) is 0 Å². The van der Waals surface area contributed by atoms with Gasteiger partial charge in [-0.1, -0.05) is 47.0 Å². The average molecular weight is 309 g/mol. The summed E-state index contributed by atoms with van der Waals surface area (Å²) in [6.07, 6.45) is 0. The number of hydrogen-bond acceptors (Lipinski definition) is 2. The first kappa shape index (κ1) is 15.2. The summed E-state index contributed by atoms with van der Waals surface area (Å²) < 4.78 is 0. The van der Waals surface area contributed by atoms with Gasteiger partial charge in [-0.15, -0.1) is 0 Å². The van der Waals surface area contributed by atoms with Crippen LogP contribution in [-0.2, 0) is 0 Å². The predicted molar refractivity (Wildman–Crippen MR) is 87.8 cm³/mol. The summed E-state index contributed by atoms with van der Waals surface area (Å²) in [6.45, 7) is 2.55. The fraction of sp³-hybridized carbons (Fsp3) is 0.250. The number of halogens is 2. The van der Waals surface area contributed by atoms with E-state index >= 15 is 0 Å². The third-order valence-electron chi connectivity index (χ3n) is 3.45. The minimum Gasteiger partial charge on any atom is -0.366 e. The molecule has 0 radical (unpaired) electrons. The first-order chi connectivity index (χ1) is 9.52. The van der Waals surface area contributed by atoms with Crippen molar-refractivity contribution >= 4 is 28.9 Å². The number of benzene rings is 2. The molecule has 1 unspecified atom stereocenters. The van der Waals surface area contributed by atoms with Crippen LogP contribution in [0, 0.1) is 6.92 Å². The lowest BCUT2D eigenvalue weighted by molar-refractivity contribution is 0.681. The van der Waals surface area contributed by atoms with Crippen LogP contribution in [-0.4, -0.2) is 13.6 Å². The van der Waals surface area contributed by atoms with E-state index in [1.54, 1.807) is 6.07 Å². The van der Waals surface area contributed by atoms with Crippen molar-refractivity contribution in [2.75, 3.05) is 18.5 Å². The molecule has 0 aliphatic rings. The number of aryl methyl sites for hydroxylation is 1. The van der Waals surface area contributed by atoms with Gasteiger partial charge in [-0.05, 0) is 36.8 Å². The van der Waals surface area contributed by atoms with Gasteiger partial charge in [0.2, 0.25) is 0 Å². The van der Waals surface area contributed by atoms with Crippen LogP contribution in [0.4, 0.5) is 5.69 Å². The molecule has 0 fully saturated rings. The number of nitrogens with two attached hydrogens (primary N) is 1. The Labute approximate surface area is 130 Å². The third kappa shape index (κ3) is 3.26. The summed E-state index contributed by atoms with van der Waals surface area (Å²) in [4.78, 5) is 2.13. The van der Waals surface area contributed by atoms with Crippen LogP contribution < -0.4 is 10.6 Å². The molecule has 4 heteroatoms. The lowest BCUT2D eigenvalue weighted by Crippen LogP contribution is -2.30. The normalized spacial score (nSPS) is 12.2. The quantitative estimate of drug-likeness (QED) is 0.905. The standard InChI is InChI=1S/C16H18Cl2N2/c1-11-3-6-13(7-4-11)20(2)16(10-19)14-8-5-12(17)9-15(14)18/h3-9,16H,10,19H2,1-2H3. The minimum absolute atomic E-state index is 0.0162. The summed E-state index contributed by atoms with van der Waals surface area (Å²) in [7, 11) is 2.02. The highest BCUT2D eigenvalue weighted by Gasteiger charge is 2.18. The second kappa shape index (κ2) is 6.49. The second-order valence-electron chi connectivity index (χ2n) is 4.86. The van der Waals surface area contributed by atoms with E-state index in [-0.39, 0.29) is 6.04 Å². The summed E-state index contributed by atoms with van der Waals surface area (Å²) in [5.41, 5.74) is 9.28. The van der Waals surface area contributed by atoms with Gasteiger partial charge < -0.3 is 10.6 Å². The molecule has 0 amide bonds. The molecule has 2 aromatic rings. The SMILES string of the molecule is Cc1ccc(N(C)C(CN)c2ccc(Cl)cc2Cl)cc1. The van der Waals surface area contributed by atoms with Crippen molar-refractivity contribution in [3.8, 4) is 0 Å². The highest BCUT2D eigenvalue weighted by Crippen LogP contribution is 2.31. The van der Waals surface area contributed by atoms with Gasteiger partial charge in [-0.25, -0.2) is 0 Å². The topological polar surface area (TPSA) is 29.3 Å². The van der Waals surface area contributed by atoms with Crippen molar-refractivity contribution in [1.29, 1.82) is 0 Å². The van der Waals surface area contributed by atoms with Crippen molar-refractivity contribution < 1.29 is 0 Å². The number of likely N-dealkylation sites (N-methyl/N-ethyl adjacent to an activating group) is 1. The van der Waals surface area contributed by atoms with Gasteiger partial charge in [0.05, 0.1) is 6.04 Å². The zero-order valence-electron chi connectivity index (χ0n) is 11.6. The maximum absolute atomic E-state index is 6.29. The number of rotatable bonds is 4. The largest absolute Gasteiger partial charge is 0.366 e. The molecule has 20 heavy (non-hydrogen) atoms. The maximum Gasteiger partial charge on any atom is 0.0676 e. The molecular weight excluding hydrogens is 291 g/mol. The molecule has 2 N–H and O–H groups in total. The van der Waals surface area contributed by atoms with Gasteiger partial charge in [0, 0.05) is 29.3 Å². The molecule has 0 heterocycles. The van der Waals surface area contributed by atoms with Crippen LogP contribution in [0.5, 0.6) is 0 Å². The number of nitrogens with zero attached hydrogens (tertiary/aromatic N) is 1. The molecule has 2 rings (SSSR count). The highest BCUT2D eigenvalue weighted by molar-refractivity contribution is 6.35. The Bertz CT molecular complexity index is 582. The monoisotopic (exact) mass is 308 g/mol. The lowest BCUT2D eigenvalue weighted by atomic mass is 10.0. The Morgan fingerprint density at radius 1 is 1.10 bits per heavy atom. The smallest absolute Gasteiger partial charge is 0.0676 e. The van der Waals surface area contributed by atoms with E-state index in [9.17, 15) is 0 Å². The zero-order chi connectivity index (χ0) is 14.7. The van der Waals surface area contributed by atoms with E-state index in [1.807, 2.05) is 19.2 Å². The molecule has 106 valence electrons. The van der Waals surface area contributed by atoms with Crippen molar-refractivity contribution in [3.05, 3.63) is 63.6 Å². The van der Waals surface area contributed by atoms with E-state index in [4.69, 9.17) is 28.9 Å². The molecule has 0 spiro atoms. The van der Waals surface area contributed by atoms with Crippen LogP contribution in [0.25, 0.3) is 0 Å². The van der Waals surface area contributed by atoms with E-state index < -0.39 is 0 Å². The van der Waals surface area contributed by atoms with Gasteiger partial charge in [0.1, 0.15) is 0 Å². The molecule has 2 aromatic carbocycles. The van der Waals surface area contributed by atoms with Crippen molar-refractivity contribution in [2.45, 2.75) is 13.0 Å². The average Bonchev–Trinajstić information content (AvgIpc) is 2.42. The summed E-state index contributed by atoms with van der Waals surface area (Å²) in [6, 6.07) is 13.9. The second-order valence-corrected chi connectivity index (χ2v) is 5.71. The third-order valence-corrected chi connectivity index (χ3v) is 4.02. The maximum atomic E-state index is 6.29. The van der Waals surface area contributed by atoms with Crippen LogP contribution in [0.1, 0.15) is 17.2 Å². The van der Waals surface area contributed by atoms with Crippen LogP contribution in [0.3, 0.4) is 0 Å². The van der Waals surface area contributed by atoms with Gasteiger partial charge >= 0.3 is 0 Å². The Hall–Kier alpha value is -1.22. The van der Waals surface area contributed by atoms with Crippen LogP contribution in [0.15, 0.2) is 42.5 Å². The molecule has 2 nitrogen and oxygen atoms in total. The Balaban J connectivity index is 2.33. The number of hydrogen-bond donors (Lipinski definition) is 1. The molecule has 0 bridgehead atoms. The summed E-state index contributed by atoms with van der Waals surface area (Å²) in [5.74, 6) is 0. The lowest BCUT2D eigenvalue weighted by Gasteiger charge is -2.30. The predicted octanol–water partition coefficient (Wildman–Crippen LogP) is 4.44. The summed E-state index contributed by atoms with van der Waals surface area (Å²) >= 11 is 12.2. The first-order valence-corrected chi connectivity index (χ1v) is 7.23. The van der Waals surface area contributed by atoms with E-state index in [0.29, 0.717) is 16.6 Å². The molecule has 0 saturated heterocycles. The Morgan fingerprint density at radius 2 is 1.75 bits per heavy atom. The molecule has 0 aliphatic carbocycles. The summed E-state index contributed by atoms with van der Waals surface area (Å²) in [5, 5.41) is 1.28. The molecule has 0 aliphatic heterocycles. The van der Waals surface area contributed by atoms with Gasteiger partial charge in [-0.2, -0.15) is 0 Å². The zero-order valence-corrected chi connectivity index (χ0v) is 13.1. The molecule has 0 aromatic heterocycles.